The van der Waals surface area contributed by atoms with Crippen molar-refractivity contribution in [2.75, 3.05) is 6.26 Å². The number of hydrogen-bond acceptors (Lipinski definition) is 5. The summed E-state index contributed by atoms with van der Waals surface area (Å²) in [5.74, 6) is -1.15. The molecule has 0 aliphatic carbocycles. The first-order chi connectivity index (χ1) is 12.1. The summed E-state index contributed by atoms with van der Waals surface area (Å²) in [7, 11) is -3.71. The van der Waals surface area contributed by atoms with E-state index in [-0.39, 0.29) is 28.4 Å². The zero-order valence-corrected chi connectivity index (χ0v) is 15.1. The lowest BCUT2D eigenvalue weighted by Crippen LogP contribution is -2.22. The van der Waals surface area contributed by atoms with E-state index in [1.54, 1.807) is 13.8 Å². The van der Waals surface area contributed by atoms with Crippen LogP contribution in [0.5, 0.6) is 0 Å². The van der Waals surface area contributed by atoms with Crippen molar-refractivity contribution in [2.24, 2.45) is 0 Å². The Kier molecular flexibility index (Phi) is 4.16. The van der Waals surface area contributed by atoms with Crippen molar-refractivity contribution in [1.29, 1.82) is 5.26 Å². The molecule has 0 unspecified atom stereocenters. The molecule has 0 aliphatic rings. The fourth-order valence-electron chi connectivity index (χ4n) is 2.80. The molecule has 0 bridgehead atoms. The Morgan fingerprint density at radius 1 is 1.35 bits per heavy atom. The molecule has 0 saturated heterocycles. The summed E-state index contributed by atoms with van der Waals surface area (Å²) < 4.78 is 38.7. The van der Waals surface area contributed by atoms with Gasteiger partial charge in [0, 0.05) is 23.6 Å². The highest BCUT2D eigenvalue weighted by Crippen LogP contribution is 2.28. The van der Waals surface area contributed by atoms with Crippen LogP contribution in [0.1, 0.15) is 30.9 Å². The van der Waals surface area contributed by atoms with Gasteiger partial charge in [-0.15, -0.1) is 0 Å². The first kappa shape index (κ1) is 17.8. The summed E-state index contributed by atoms with van der Waals surface area (Å²) >= 11 is 0. The summed E-state index contributed by atoms with van der Waals surface area (Å²) in [6.45, 7) is 3.59. The summed E-state index contributed by atoms with van der Waals surface area (Å²) in [5, 5.41) is 11.9. The molecule has 0 atom stereocenters. The minimum absolute atomic E-state index is 0.129. The third-order valence-corrected chi connectivity index (χ3v) is 5.13. The predicted octanol–water partition coefficient (Wildman–Crippen LogP) is 2.23. The number of aromatic nitrogens is 3. The summed E-state index contributed by atoms with van der Waals surface area (Å²) in [5.41, 5.74) is 0.731. The Bertz CT molecular complexity index is 1230. The summed E-state index contributed by atoms with van der Waals surface area (Å²) in [4.78, 5) is 16.8. The third-order valence-electron chi connectivity index (χ3n) is 4.00. The number of rotatable bonds is 3. The van der Waals surface area contributed by atoms with Gasteiger partial charge in [-0.2, -0.15) is 5.26 Å². The van der Waals surface area contributed by atoms with Crippen molar-refractivity contribution in [3.8, 4) is 17.3 Å². The quantitative estimate of drug-likeness (QED) is 0.756. The van der Waals surface area contributed by atoms with E-state index in [1.165, 1.54) is 16.8 Å². The van der Waals surface area contributed by atoms with Gasteiger partial charge in [0.2, 0.25) is 0 Å². The van der Waals surface area contributed by atoms with Crippen LogP contribution in [0.15, 0.2) is 34.1 Å². The topological polar surface area (TPSA) is 108 Å². The number of halogens is 1. The molecule has 3 aromatic rings. The lowest BCUT2D eigenvalue weighted by Gasteiger charge is -2.13. The molecule has 0 radical (unpaired) electrons. The van der Waals surface area contributed by atoms with Crippen LogP contribution in [0.2, 0.25) is 0 Å². The molecule has 0 amide bonds. The third kappa shape index (κ3) is 2.78. The van der Waals surface area contributed by atoms with Crippen LogP contribution in [0, 0.1) is 17.1 Å². The van der Waals surface area contributed by atoms with E-state index >= 15 is 0 Å². The Morgan fingerprint density at radius 2 is 2.04 bits per heavy atom. The second-order valence-electron chi connectivity index (χ2n) is 6.21. The number of hydrogen-bond donors (Lipinski definition) is 1. The van der Waals surface area contributed by atoms with Gasteiger partial charge in [0.25, 0.3) is 5.56 Å². The van der Waals surface area contributed by atoms with E-state index < -0.39 is 26.1 Å². The molecule has 26 heavy (non-hydrogen) atoms. The van der Waals surface area contributed by atoms with Crippen molar-refractivity contribution in [3.63, 3.8) is 0 Å². The van der Waals surface area contributed by atoms with E-state index in [9.17, 15) is 22.9 Å². The predicted molar refractivity (Wildman–Crippen MR) is 93.1 cm³/mol. The van der Waals surface area contributed by atoms with E-state index in [4.69, 9.17) is 0 Å². The maximum absolute atomic E-state index is 14.3. The first-order valence-electron chi connectivity index (χ1n) is 7.69. The Balaban J connectivity index is 2.37. The zero-order valence-electron chi connectivity index (χ0n) is 14.2. The van der Waals surface area contributed by atoms with E-state index in [2.05, 4.69) is 10.1 Å². The number of benzene rings is 1. The second-order valence-corrected chi connectivity index (χ2v) is 8.19. The van der Waals surface area contributed by atoms with Gasteiger partial charge >= 0.3 is 0 Å². The van der Waals surface area contributed by atoms with Gasteiger partial charge in [0.15, 0.2) is 15.5 Å². The lowest BCUT2D eigenvalue weighted by molar-refractivity contribution is 0.571. The minimum Gasteiger partial charge on any atom is -0.295 e. The first-order valence-corrected chi connectivity index (χ1v) is 9.58. The molecular formula is C17H15FN4O3S. The minimum atomic E-state index is -3.71. The van der Waals surface area contributed by atoms with Crippen LogP contribution in [-0.2, 0) is 9.84 Å². The van der Waals surface area contributed by atoms with Gasteiger partial charge in [0.1, 0.15) is 22.3 Å². The van der Waals surface area contributed by atoms with Crippen molar-refractivity contribution in [1.82, 2.24) is 14.6 Å². The molecule has 9 heteroatoms. The van der Waals surface area contributed by atoms with Crippen LogP contribution in [0.25, 0.3) is 16.9 Å². The number of H-pyrrole nitrogens is 1. The van der Waals surface area contributed by atoms with Crippen LogP contribution in [0.3, 0.4) is 0 Å². The fraction of sp³-hybridized carbons (Fsp3) is 0.235. The fourth-order valence-corrected chi connectivity index (χ4v) is 3.53. The number of fused-ring (bicyclic) bond motifs is 1. The number of aromatic amines is 1. The van der Waals surface area contributed by atoms with E-state index in [0.717, 1.165) is 18.4 Å². The second kappa shape index (κ2) is 6.07. The molecular weight excluding hydrogens is 359 g/mol. The maximum Gasteiger partial charge on any atom is 0.276 e. The van der Waals surface area contributed by atoms with E-state index in [0.29, 0.717) is 5.56 Å². The van der Waals surface area contributed by atoms with Crippen molar-refractivity contribution in [3.05, 3.63) is 51.7 Å². The SMILES string of the molecule is CC(C)c1c(-c2ccc(S(C)(=O)=O)c(F)c2)nc2c(C#N)c[nH]n2c1=O. The molecule has 3 rings (SSSR count). The van der Waals surface area contributed by atoms with Gasteiger partial charge < -0.3 is 0 Å². The van der Waals surface area contributed by atoms with Crippen molar-refractivity contribution >= 4 is 15.5 Å². The summed E-state index contributed by atoms with van der Waals surface area (Å²) in [6, 6.07) is 5.53. The van der Waals surface area contributed by atoms with Gasteiger partial charge in [0.05, 0.1) is 5.69 Å². The van der Waals surface area contributed by atoms with Gasteiger partial charge in [-0.1, -0.05) is 19.9 Å². The Morgan fingerprint density at radius 3 is 2.58 bits per heavy atom. The highest BCUT2D eigenvalue weighted by molar-refractivity contribution is 7.90. The zero-order chi connectivity index (χ0) is 19.2. The molecule has 7 nitrogen and oxygen atoms in total. The normalized spacial score (nSPS) is 11.8. The van der Waals surface area contributed by atoms with Crippen LogP contribution < -0.4 is 5.56 Å². The van der Waals surface area contributed by atoms with Crippen molar-refractivity contribution < 1.29 is 12.8 Å². The van der Waals surface area contributed by atoms with Gasteiger partial charge in [-0.3, -0.25) is 9.89 Å². The van der Waals surface area contributed by atoms with E-state index in [1.807, 2.05) is 6.07 Å². The molecule has 0 spiro atoms. The maximum atomic E-state index is 14.3. The molecule has 1 aromatic carbocycles. The molecule has 0 aliphatic heterocycles. The molecule has 134 valence electrons. The lowest BCUT2D eigenvalue weighted by atomic mass is 9.98. The molecule has 1 N–H and O–H groups in total. The van der Waals surface area contributed by atoms with Gasteiger partial charge in [-0.05, 0) is 18.1 Å². The average molecular weight is 374 g/mol. The molecule has 0 fully saturated rings. The Labute approximate surface area is 148 Å². The number of nitrogens with zero attached hydrogens (tertiary/aromatic N) is 3. The highest BCUT2D eigenvalue weighted by Gasteiger charge is 2.22. The number of nitrogens with one attached hydrogen (secondary N) is 1. The largest absolute Gasteiger partial charge is 0.295 e. The number of nitriles is 1. The van der Waals surface area contributed by atoms with Crippen LogP contribution >= 0.6 is 0 Å². The molecule has 0 saturated carbocycles. The standard InChI is InChI=1S/C17H15FN4O3S/c1-9(2)14-15(10-4-5-13(12(18)6-10)26(3,24)25)21-16-11(7-19)8-20-22(16)17(14)23/h4-6,8-9,20H,1-3H3. The smallest absolute Gasteiger partial charge is 0.276 e. The highest BCUT2D eigenvalue weighted by atomic mass is 32.2. The summed E-state index contributed by atoms with van der Waals surface area (Å²) in [6.07, 6.45) is 2.28. The Hall–Kier alpha value is -2.99. The average Bonchev–Trinajstić information content (AvgIpc) is 2.96. The molecule has 2 heterocycles. The van der Waals surface area contributed by atoms with Crippen LogP contribution in [0.4, 0.5) is 4.39 Å². The number of sulfone groups is 1. The monoisotopic (exact) mass is 374 g/mol. The van der Waals surface area contributed by atoms with Crippen molar-refractivity contribution in [2.45, 2.75) is 24.7 Å². The molecule has 2 aromatic heterocycles. The van der Waals surface area contributed by atoms with Gasteiger partial charge in [-0.25, -0.2) is 22.3 Å². The van der Waals surface area contributed by atoms with Crippen LogP contribution in [-0.4, -0.2) is 29.3 Å².